The molecule has 0 amide bonds. The van der Waals surface area contributed by atoms with Crippen molar-refractivity contribution in [3.8, 4) is 0 Å². The normalized spacial score (nSPS) is 14.8. The Morgan fingerprint density at radius 3 is 2.29 bits per heavy atom. The van der Waals surface area contributed by atoms with E-state index < -0.39 is 0 Å². The highest BCUT2D eigenvalue weighted by atomic mass is 15.1. The molecule has 1 unspecified atom stereocenters. The zero-order valence-electron chi connectivity index (χ0n) is 10.6. The third-order valence-electron chi connectivity index (χ3n) is 2.27. The lowest BCUT2D eigenvalue weighted by Gasteiger charge is -2.28. The van der Waals surface area contributed by atoms with E-state index in [0.29, 0.717) is 5.41 Å². The summed E-state index contributed by atoms with van der Waals surface area (Å²) in [5, 5.41) is 0. The molecule has 2 heteroatoms. The molecule has 0 saturated heterocycles. The second kappa shape index (κ2) is 6.41. The first-order valence-electron chi connectivity index (χ1n) is 5.74. The molecular weight excluding hydrogens is 172 g/mol. The number of nitrogens with zero attached hydrogens (tertiary/aromatic N) is 1. The molecule has 0 rings (SSSR count). The minimum absolute atomic E-state index is 0.405. The van der Waals surface area contributed by atoms with E-state index in [1.165, 1.54) is 19.5 Å². The lowest BCUT2D eigenvalue weighted by atomic mass is 9.95. The average molecular weight is 200 g/mol. The molecule has 0 aromatic rings. The SMILES string of the molecule is CC(CCCN)CN(C)CC(C)(C)C. The lowest BCUT2D eigenvalue weighted by Crippen LogP contribution is -2.32. The van der Waals surface area contributed by atoms with Crippen LogP contribution in [0.5, 0.6) is 0 Å². The van der Waals surface area contributed by atoms with Crippen LogP contribution in [0.15, 0.2) is 0 Å². The first-order chi connectivity index (χ1) is 6.35. The summed E-state index contributed by atoms with van der Waals surface area (Å²) >= 11 is 0. The maximum absolute atomic E-state index is 5.50. The topological polar surface area (TPSA) is 29.3 Å². The van der Waals surface area contributed by atoms with Gasteiger partial charge in [0.25, 0.3) is 0 Å². The summed E-state index contributed by atoms with van der Waals surface area (Å²) in [6.07, 6.45) is 2.41. The van der Waals surface area contributed by atoms with E-state index in [1.54, 1.807) is 0 Å². The summed E-state index contributed by atoms with van der Waals surface area (Å²) in [6.45, 7) is 12.4. The van der Waals surface area contributed by atoms with Crippen molar-refractivity contribution in [2.24, 2.45) is 17.1 Å². The van der Waals surface area contributed by atoms with E-state index >= 15 is 0 Å². The van der Waals surface area contributed by atoms with E-state index in [0.717, 1.165) is 18.9 Å². The summed E-state index contributed by atoms with van der Waals surface area (Å²) in [7, 11) is 2.21. The van der Waals surface area contributed by atoms with Gasteiger partial charge in [-0.1, -0.05) is 27.7 Å². The van der Waals surface area contributed by atoms with Gasteiger partial charge in [-0.2, -0.15) is 0 Å². The summed E-state index contributed by atoms with van der Waals surface area (Å²) < 4.78 is 0. The van der Waals surface area contributed by atoms with Crippen LogP contribution in [0.1, 0.15) is 40.5 Å². The summed E-state index contributed by atoms with van der Waals surface area (Å²) in [6, 6.07) is 0. The lowest BCUT2D eigenvalue weighted by molar-refractivity contribution is 0.200. The third kappa shape index (κ3) is 8.52. The van der Waals surface area contributed by atoms with E-state index in [1.807, 2.05) is 0 Å². The first-order valence-corrected chi connectivity index (χ1v) is 5.74. The average Bonchev–Trinajstić information content (AvgIpc) is 1.96. The minimum Gasteiger partial charge on any atom is -0.330 e. The second-order valence-corrected chi connectivity index (χ2v) is 5.79. The fourth-order valence-electron chi connectivity index (χ4n) is 1.96. The number of hydrogen-bond donors (Lipinski definition) is 1. The Bertz CT molecular complexity index is 138. The predicted octanol–water partition coefficient (Wildman–Crippen LogP) is 2.34. The van der Waals surface area contributed by atoms with E-state index in [4.69, 9.17) is 5.73 Å². The largest absolute Gasteiger partial charge is 0.330 e. The highest BCUT2D eigenvalue weighted by molar-refractivity contribution is 4.68. The Morgan fingerprint density at radius 2 is 1.86 bits per heavy atom. The Labute approximate surface area is 89.9 Å². The van der Waals surface area contributed by atoms with Gasteiger partial charge in [-0.25, -0.2) is 0 Å². The fraction of sp³-hybridized carbons (Fsp3) is 1.00. The molecular formula is C12H28N2. The van der Waals surface area contributed by atoms with Gasteiger partial charge < -0.3 is 10.6 Å². The first kappa shape index (κ1) is 13.9. The van der Waals surface area contributed by atoms with Gasteiger partial charge >= 0.3 is 0 Å². The van der Waals surface area contributed by atoms with E-state index in [2.05, 4.69) is 39.6 Å². The van der Waals surface area contributed by atoms with Crippen LogP contribution in [0.2, 0.25) is 0 Å². The molecule has 2 N–H and O–H groups in total. The molecule has 1 atom stereocenters. The third-order valence-corrected chi connectivity index (χ3v) is 2.27. The van der Waals surface area contributed by atoms with Gasteiger partial charge in [-0.15, -0.1) is 0 Å². The highest BCUT2D eigenvalue weighted by Gasteiger charge is 2.14. The summed E-state index contributed by atoms with van der Waals surface area (Å²) in [5.74, 6) is 0.769. The molecule has 0 saturated carbocycles. The zero-order chi connectivity index (χ0) is 11.2. The van der Waals surface area contributed by atoms with Crippen molar-refractivity contribution in [3.63, 3.8) is 0 Å². The molecule has 0 aliphatic heterocycles. The van der Waals surface area contributed by atoms with Gasteiger partial charge in [0.2, 0.25) is 0 Å². The van der Waals surface area contributed by atoms with Crippen molar-refractivity contribution in [3.05, 3.63) is 0 Å². The molecule has 0 aliphatic rings. The van der Waals surface area contributed by atoms with Gasteiger partial charge in [-0.3, -0.25) is 0 Å². The smallest absolute Gasteiger partial charge is 0.00271 e. The molecule has 0 bridgehead atoms. The Kier molecular flexibility index (Phi) is 6.38. The molecule has 0 fully saturated rings. The van der Waals surface area contributed by atoms with Gasteiger partial charge in [0.05, 0.1) is 0 Å². The number of hydrogen-bond acceptors (Lipinski definition) is 2. The standard InChI is InChI=1S/C12H28N2/c1-11(7-6-8-13)9-14(5)10-12(2,3)4/h11H,6-10,13H2,1-5H3. The molecule has 0 radical (unpaired) electrons. The van der Waals surface area contributed by atoms with Crippen LogP contribution in [0, 0.1) is 11.3 Å². The van der Waals surface area contributed by atoms with Crippen molar-refractivity contribution in [1.82, 2.24) is 4.90 Å². The van der Waals surface area contributed by atoms with E-state index in [-0.39, 0.29) is 0 Å². The van der Waals surface area contributed by atoms with Crippen LogP contribution in [-0.4, -0.2) is 31.6 Å². The van der Waals surface area contributed by atoms with Gasteiger partial charge in [0.1, 0.15) is 0 Å². The van der Waals surface area contributed by atoms with Crippen LogP contribution in [0.3, 0.4) is 0 Å². The Morgan fingerprint density at radius 1 is 1.29 bits per heavy atom. The van der Waals surface area contributed by atoms with Crippen molar-refractivity contribution in [2.45, 2.75) is 40.5 Å². The molecule has 0 heterocycles. The van der Waals surface area contributed by atoms with Gasteiger partial charge in [0.15, 0.2) is 0 Å². The second-order valence-electron chi connectivity index (χ2n) is 5.79. The van der Waals surface area contributed by atoms with Crippen molar-refractivity contribution in [1.29, 1.82) is 0 Å². The van der Waals surface area contributed by atoms with Crippen LogP contribution in [-0.2, 0) is 0 Å². The van der Waals surface area contributed by atoms with Crippen LogP contribution < -0.4 is 5.73 Å². The van der Waals surface area contributed by atoms with E-state index in [9.17, 15) is 0 Å². The molecule has 0 aliphatic carbocycles. The minimum atomic E-state index is 0.405. The van der Waals surface area contributed by atoms with Gasteiger partial charge in [-0.05, 0) is 37.8 Å². The molecule has 86 valence electrons. The van der Waals surface area contributed by atoms with Crippen molar-refractivity contribution < 1.29 is 0 Å². The fourth-order valence-corrected chi connectivity index (χ4v) is 1.96. The molecule has 0 aromatic heterocycles. The molecule has 14 heavy (non-hydrogen) atoms. The monoisotopic (exact) mass is 200 g/mol. The maximum Gasteiger partial charge on any atom is 0.00271 e. The quantitative estimate of drug-likeness (QED) is 0.713. The predicted molar refractivity (Wildman–Crippen MR) is 64.4 cm³/mol. The summed E-state index contributed by atoms with van der Waals surface area (Å²) in [5.41, 5.74) is 5.90. The van der Waals surface area contributed by atoms with Crippen LogP contribution in [0.25, 0.3) is 0 Å². The van der Waals surface area contributed by atoms with Crippen molar-refractivity contribution in [2.75, 3.05) is 26.7 Å². The molecule has 0 aromatic carbocycles. The number of nitrogens with two attached hydrogens (primary N) is 1. The Hall–Kier alpha value is -0.0800. The Balaban J connectivity index is 3.65. The molecule has 2 nitrogen and oxygen atoms in total. The maximum atomic E-state index is 5.50. The highest BCUT2D eigenvalue weighted by Crippen LogP contribution is 2.15. The zero-order valence-corrected chi connectivity index (χ0v) is 10.6. The molecule has 0 spiro atoms. The van der Waals surface area contributed by atoms with Crippen LogP contribution >= 0.6 is 0 Å². The van der Waals surface area contributed by atoms with Crippen molar-refractivity contribution >= 4 is 0 Å². The van der Waals surface area contributed by atoms with Gasteiger partial charge in [0, 0.05) is 13.1 Å². The number of rotatable bonds is 6. The van der Waals surface area contributed by atoms with Crippen LogP contribution in [0.4, 0.5) is 0 Å². The summed E-state index contributed by atoms with van der Waals surface area (Å²) in [4.78, 5) is 2.43.